The van der Waals surface area contributed by atoms with Crippen molar-refractivity contribution in [1.82, 2.24) is 15.2 Å². The minimum absolute atomic E-state index is 0.176. The molecule has 0 atom stereocenters. The second-order valence-electron chi connectivity index (χ2n) is 5.97. The van der Waals surface area contributed by atoms with Crippen molar-refractivity contribution in [2.75, 3.05) is 24.6 Å². The molecule has 1 aliphatic heterocycles. The molecule has 3 rings (SSSR count). The molecule has 0 aromatic carbocycles. The largest absolute Gasteiger partial charge is 0.461 e. The highest BCUT2D eigenvalue weighted by Gasteiger charge is 2.34. The summed E-state index contributed by atoms with van der Waals surface area (Å²) >= 11 is 0. The van der Waals surface area contributed by atoms with Gasteiger partial charge in [-0.3, -0.25) is 5.10 Å². The van der Waals surface area contributed by atoms with Crippen LogP contribution in [0.15, 0.2) is 12.1 Å². The zero-order valence-electron chi connectivity index (χ0n) is 13.5. The molecule has 3 heterocycles. The maximum absolute atomic E-state index is 13.3. The van der Waals surface area contributed by atoms with Gasteiger partial charge in [-0.15, -0.1) is 0 Å². The van der Waals surface area contributed by atoms with Crippen LogP contribution in [0.5, 0.6) is 0 Å². The van der Waals surface area contributed by atoms with Gasteiger partial charge in [0.15, 0.2) is 11.3 Å². The average Bonchev–Trinajstić information content (AvgIpc) is 2.98. The molecule has 8 heteroatoms. The van der Waals surface area contributed by atoms with Gasteiger partial charge in [0.2, 0.25) is 0 Å². The Balaban J connectivity index is 1.75. The van der Waals surface area contributed by atoms with Crippen molar-refractivity contribution in [3.05, 3.63) is 17.8 Å². The van der Waals surface area contributed by atoms with Gasteiger partial charge < -0.3 is 9.64 Å². The van der Waals surface area contributed by atoms with E-state index in [-0.39, 0.29) is 31.6 Å². The highest BCUT2D eigenvalue weighted by Crippen LogP contribution is 2.30. The van der Waals surface area contributed by atoms with Gasteiger partial charge >= 0.3 is 5.97 Å². The molecule has 0 radical (unpaired) electrons. The molecular formula is C16H20F2N4O2. The number of aromatic nitrogens is 3. The number of ether oxygens (including phenoxy) is 1. The highest BCUT2D eigenvalue weighted by molar-refractivity contribution is 6.01. The summed E-state index contributed by atoms with van der Waals surface area (Å²) in [5, 5.41) is 7.27. The summed E-state index contributed by atoms with van der Waals surface area (Å²) in [6, 6.07) is 3.45. The summed E-state index contributed by atoms with van der Waals surface area (Å²) in [6.45, 7) is 2.88. The normalized spacial score (nSPS) is 17.2. The summed E-state index contributed by atoms with van der Waals surface area (Å²) in [7, 11) is 0. The number of piperidine rings is 1. The van der Waals surface area contributed by atoms with Crippen LogP contribution in [0.3, 0.4) is 0 Å². The van der Waals surface area contributed by atoms with Gasteiger partial charge in [-0.1, -0.05) is 13.3 Å². The number of pyridine rings is 1. The Morgan fingerprint density at radius 1 is 1.38 bits per heavy atom. The molecule has 0 unspecified atom stereocenters. The molecule has 2 aromatic heterocycles. The summed E-state index contributed by atoms with van der Waals surface area (Å²) in [6.07, 6.45) is 1.39. The molecule has 130 valence electrons. The average molecular weight is 338 g/mol. The second kappa shape index (κ2) is 6.70. The number of hydrogen-bond acceptors (Lipinski definition) is 5. The van der Waals surface area contributed by atoms with Crippen molar-refractivity contribution in [2.24, 2.45) is 0 Å². The van der Waals surface area contributed by atoms with Gasteiger partial charge in [0, 0.05) is 25.9 Å². The van der Waals surface area contributed by atoms with Crippen molar-refractivity contribution in [3.8, 4) is 0 Å². The van der Waals surface area contributed by atoms with Crippen LogP contribution in [0.4, 0.5) is 14.6 Å². The van der Waals surface area contributed by atoms with Gasteiger partial charge in [-0.25, -0.2) is 18.6 Å². The molecular weight excluding hydrogens is 318 g/mol. The fraction of sp³-hybridized carbons (Fsp3) is 0.562. The molecule has 0 amide bonds. The maximum atomic E-state index is 13.3. The number of halogens is 2. The molecule has 1 N–H and O–H groups in total. The van der Waals surface area contributed by atoms with Crippen molar-refractivity contribution in [3.63, 3.8) is 0 Å². The van der Waals surface area contributed by atoms with Crippen LogP contribution in [0, 0.1) is 0 Å². The molecule has 1 saturated heterocycles. The van der Waals surface area contributed by atoms with Gasteiger partial charge in [0.05, 0.1) is 12.0 Å². The van der Waals surface area contributed by atoms with Crippen LogP contribution >= 0.6 is 0 Å². The number of nitrogens with zero attached hydrogens (tertiary/aromatic N) is 3. The number of anilines is 1. The van der Waals surface area contributed by atoms with E-state index in [1.165, 1.54) is 0 Å². The number of rotatable bonds is 5. The summed E-state index contributed by atoms with van der Waals surface area (Å²) in [5.74, 6) is -2.47. The van der Waals surface area contributed by atoms with E-state index in [0.717, 1.165) is 12.8 Å². The highest BCUT2D eigenvalue weighted by atomic mass is 19.3. The minimum Gasteiger partial charge on any atom is -0.461 e. The molecule has 1 aliphatic rings. The Labute approximate surface area is 138 Å². The Hall–Kier alpha value is -2.25. The number of H-pyrrole nitrogens is 1. The van der Waals surface area contributed by atoms with Gasteiger partial charge in [-0.05, 0) is 18.6 Å². The number of carbonyl (C=O) groups is 1. The Bertz CT molecular complexity index is 722. The van der Waals surface area contributed by atoms with E-state index < -0.39 is 11.9 Å². The number of aromatic amines is 1. The van der Waals surface area contributed by atoms with Crippen molar-refractivity contribution in [1.29, 1.82) is 0 Å². The summed E-state index contributed by atoms with van der Waals surface area (Å²) < 4.78 is 31.7. The number of fused-ring (bicyclic) bond motifs is 1. The molecule has 0 bridgehead atoms. The molecule has 24 heavy (non-hydrogen) atoms. The number of hydrogen-bond donors (Lipinski definition) is 1. The van der Waals surface area contributed by atoms with E-state index in [1.54, 1.807) is 12.1 Å². The van der Waals surface area contributed by atoms with Crippen LogP contribution < -0.4 is 4.90 Å². The fourth-order valence-corrected chi connectivity index (χ4v) is 2.67. The smallest absolute Gasteiger partial charge is 0.359 e. The van der Waals surface area contributed by atoms with Crippen LogP contribution in [0.2, 0.25) is 0 Å². The lowest BCUT2D eigenvalue weighted by Crippen LogP contribution is -2.39. The topological polar surface area (TPSA) is 71.1 Å². The molecule has 1 fully saturated rings. The maximum Gasteiger partial charge on any atom is 0.359 e. The standard InChI is InChI=1S/C16H20F2N4O2/c1-2-3-10-24-15(23)13-11-4-5-12(19-14(11)21-20-13)22-8-6-16(17,18)7-9-22/h4-5H,2-3,6-10H2,1H3,(H,19,20,21). The second-order valence-corrected chi connectivity index (χ2v) is 5.97. The minimum atomic E-state index is -2.59. The predicted octanol–water partition coefficient (Wildman–Crippen LogP) is 3.15. The number of carbonyl (C=O) groups excluding carboxylic acids is 1. The predicted molar refractivity (Wildman–Crippen MR) is 85.5 cm³/mol. The number of alkyl halides is 2. The van der Waals surface area contributed by atoms with Crippen molar-refractivity contribution < 1.29 is 18.3 Å². The first-order valence-electron chi connectivity index (χ1n) is 8.15. The number of esters is 1. The van der Waals surface area contributed by atoms with Crippen LogP contribution in [-0.4, -0.2) is 46.8 Å². The van der Waals surface area contributed by atoms with Gasteiger partial charge in [0.1, 0.15) is 5.82 Å². The lowest BCUT2D eigenvalue weighted by atomic mass is 10.1. The quantitative estimate of drug-likeness (QED) is 0.670. The molecule has 0 saturated carbocycles. The summed E-state index contributed by atoms with van der Waals surface area (Å²) in [4.78, 5) is 18.2. The third-order valence-electron chi connectivity index (χ3n) is 4.15. The first kappa shape index (κ1) is 16.6. The Morgan fingerprint density at radius 2 is 2.12 bits per heavy atom. The fourth-order valence-electron chi connectivity index (χ4n) is 2.67. The SMILES string of the molecule is CCCCOC(=O)c1n[nH]c2nc(N3CCC(F)(F)CC3)ccc12. The van der Waals surface area contributed by atoms with E-state index in [9.17, 15) is 13.6 Å². The van der Waals surface area contributed by atoms with Crippen LogP contribution in [0.1, 0.15) is 43.1 Å². The molecule has 0 aliphatic carbocycles. The third-order valence-corrected chi connectivity index (χ3v) is 4.15. The number of unbranched alkanes of at least 4 members (excludes halogenated alkanes) is 1. The number of nitrogens with one attached hydrogen (secondary N) is 1. The van der Waals surface area contributed by atoms with E-state index in [2.05, 4.69) is 15.2 Å². The lowest BCUT2D eigenvalue weighted by molar-refractivity contribution is -0.0221. The van der Waals surface area contributed by atoms with E-state index >= 15 is 0 Å². The van der Waals surface area contributed by atoms with E-state index in [4.69, 9.17) is 4.74 Å². The lowest BCUT2D eigenvalue weighted by Gasteiger charge is -2.32. The first-order valence-corrected chi connectivity index (χ1v) is 8.15. The zero-order chi connectivity index (χ0) is 17.2. The van der Waals surface area contributed by atoms with E-state index in [1.807, 2.05) is 11.8 Å². The third kappa shape index (κ3) is 3.47. The van der Waals surface area contributed by atoms with Crippen LogP contribution in [-0.2, 0) is 4.74 Å². The molecule has 2 aromatic rings. The van der Waals surface area contributed by atoms with Gasteiger partial charge in [-0.2, -0.15) is 5.10 Å². The van der Waals surface area contributed by atoms with E-state index in [0.29, 0.717) is 23.5 Å². The van der Waals surface area contributed by atoms with Gasteiger partial charge in [0.25, 0.3) is 5.92 Å². The molecule has 0 spiro atoms. The summed E-state index contributed by atoms with van der Waals surface area (Å²) in [5.41, 5.74) is 0.651. The van der Waals surface area contributed by atoms with Crippen molar-refractivity contribution in [2.45, 2.75) is 38.5 Å². The Kier molecular flexibility index (Phi) is 4.64. The first-order chi connectivity index (χ1) is 11.5. The van der Waals surface area contributed by atoms with Crippen molar-refractivity contribution >= 4 is 22.8 Å². The van der Waals surface area contributed by atoms with Crippen LogP contribution in [0.25, 0.3) is 11.0 Å². The zero-order valence-corrected chi connectivity index (χ0v) is 13.5. The monoisotopic (exact) mass is 338 g/mol. The molecule has 6 nitrogen and oxygen atoms in total. The Morgan fingerprint density at radius 3 is 2.83 bits per heavy atom.